The van der Waals surface area contributed by atoms with Gasteiger partial charge in [-0.25, -0.2) is 4.79 Å². The summed E-state index contributed by atoms with van der Waals surface area (Å²) in [7, 11) is 0. The predicted molar refractivity (Wildman–Crippen MR) is 71.1 cm³/mol. The van der Waals surface area contributed by atoms with Crippen LogP contribution in [-0.2, 0) is 6.54 Å². The maximum atomic E-state index is 11.9. The largest absolute Gasteiger partial charge is 0.348 e. The lowest BCUT2D eigenvalue weighted by Crippen LogP contribution is -2.30. The predicted octanol–water partition coefficient (Wildman–Crippen LogP) is 2.80. The van der Waals surface area contributed by atoms with Crippen molar-refractivity contribution in [3.63, 3.8) is 0 Å². The van der Waals surface area contributed by atoms with Crippen LogP contribution in [0.5, 0.6) is 0 Å². The van der Waals surface area contributed by atoms with Gasteiger partial charge in [0, 0.05) is 17.6 Å². The van der Waals surface area contributed by atoms with Crippen LogP contribution in [0.1, 0.15) is 24.2 Å². The van der Waals surface area contributed by atoms with Gasteiger partial charge >= 0.3 is 5.69 Å². The number of alkyl halides is 1. The Morgan fingerprint density at radius 3 is 2.56 bits per heavy atom. The van der Waals surface area contributed by atoms with Crippen molar-refractivity contribution in [1.82, 2.24) is 9.55 Å². The summed E-state index contributed by atoms with van der Waals surface area (Å²) in [5, 5.41) is 0.956. The molecular formula is C11H14Br2N2O. The molecule has 0 saturated heterocycles. The maximum Gasteiger partial charge on any atom is 0.348 e. The fraction of sp³-hybridized carbons (Fsp3) is 0.636. The standard InChI is InChI=1S/C11H14Br2N2O/c1-7-9(13)8(2)15(10(16)14-7)6-11(5-12)3-4-11/h3-6H2,1-2H3. The maximum absolute atomic E-state index is 11.9. The Morgan fingerprint density at radius 2 is 2.06 bits per heavy atom. The Labute approximate surface area is 112 Å². The molecular weight excluding hydrogens is 336 g/mol. The minimum Gasteiger partial charge on any atom is -0.295 e. The zero-order valence-electron chi connectivity index (χ0n) is 9.39. The van der Waals surface area contributed by atoms with Crippen LogP contribution >= 0.6 is 31.9 Å². The highest BCUT2D eigenvalue weighted by atomic mass is 79.9. The molecule has 1 aliphatic carbocycles. The molecule has 1 aliphatic rings. The first kappa shape index (κ1) is 12.3. The van der Waals surface area contributed by atoms with E-state index in [1.54, 1.807) is 4.57 Å². The quantitative estimate of drug-likeness (QED) is 0.786. The van der Waals surface area contributed by atoms with Gasteiger partial charge in [0.2, 0.25) is 0 Å². The van der Waals surface area contributed by atoms with Crippen LogP contribution in [0.2, 0.25) is 0 Å². The number of halogens is 2. The molecule has 5 heteroatoms. The van der Waals surface area contributed by atoms with Gasteiger partial charge in [-0.3, -0.25) is 4.57 Å². The average Bonchev–Trinajstić information content (AvgIpc) is 3.02. The molecule has 1 saturated carbocycles. The Bertz CT molecular complexity index is 478. The van der Waals surface area contributed by atoms with Gasteiger partial charge in [0.15, 0.2) is 0 Å². The summed E-state index contributed by atoms with van der Waals surface area (Å²) in [6.45, 7) is 4.58. The molecule has 0 radical (unpaired) electrons. The zero-order chi connectivity index (χ0) is 11.9. The van der Waals surface area contributed by atoms with E-state index in [-0.39, 0.29) is 11.1 Å². The number of hydrogen-bond donors (Lipinski definition) is 0. The first-order chi connectivity index (χ1) is 7.49. The molecule has 0 spiro atoms. The van der Waals surface area contributed by atoms with Gasteiger partial charge < -0.3 is 0 Å². The van der Waals surface area contributed by atoms with Crippen LogP contribution in [0.4, 0.5) is 0 Å². The summed E-state index contributed by atoms with van der Waals surface area (Å²) in [6, 6.07) is 0. The summed E-state index contributed by atoms with van der Waals surface area (Å²) in [4.78, 5) is 15.9. The van der Waals surface area contributed by atoms with Gasteiger partial charge in [0.1, 0.15) is 0 Å². The zero-order valence-corrected chi connectivity index (χ0v) is 12.6. The monoisotopic (exact) mass is 348 g/mol. The van der Waals surface area contributed by atoms with Gasteiger partial charge in [0.05, 0.1) is 10.2 Å². The lowest BCUT2D eigenvalue weighted by Gasteiger charge is -2.17. The third-order valence-electron chi connectivity index (χ3n) is 3.27. The van der Waals surface area contributed by atoms with Gasteiger partial charge in [0.25, 0.3) is 0 Å². The molecule has 3 nitrogen and oxygen atoms in total. The molecule has 16 heavy (non-hydrogen) atoms. The van der Waals surface area contributed by atoms with Gasteiger partial charge in [-0.05, 0) is 48.0 Å². The number of nitrogens with zero attached hydrogens (tertiary/aromatic N) is 2. The molecule has 0 aromatic carbocycles. The van der Waals surface area contributed by atoms with Crippen molar-refractivity contribution >= 4 is 31.9 Å². The summed E-state index contributed by atoms with van der Waals surface area (Å²) in [5.41, 5.74) is 1.89. The molecule has 1 fully saturated rings. The van der Waals surface area contributed by atoms with E-state index in [2.05, 4.69) is 36.8 Å². The Kier molecular flexibility index (Phi) is 3.27. The topological polar surface area (TPSA) is 34.9 Å². The second-order valence-electron chi connectivity index (χ2n) is 4.60. The van der Waals surface area contributed by atoms with E-state index in [0.717, 1.165) is 27.7 Å². The fourth-order valence-electron chi connectivity index (χ4n) is 1.81. The van der Waals surface area contributed by atoms with Crippen molar-refractivity contribution in [3.05, 3.63) is 26.3 Å². The molecule has 1 heterocycles. The minimum atomic E-state index is -0.134. The van der Waals surface area contributed by atoms with E-state index in [1.807, 2.05) is 13.8 Å². The second kappa shape index (κ2) is 4.26. The Balaban J connectivity index is 2.41. The van der Waals surface area contributed by atoms with Gasteiger partial charge in [-0.2, -0.15) is 4.98 Å². The highest BCUT2D eigenvalue weighted by Gasteiger charge is 2.42. The van der Waals surface area contributed by atoms with Crippen LogP contribution in [0.25, 0.3) is 0 Å². The molecule has 0 amide bonds. The SMILES string of the molecule is Cc1nc(=O)n(CC2(CBr)CC2)c(C)c1Br. The van der Waals surface area contributed by atoms with Crippen molar-refractivity contribution < 1.29 is 0 Å². The van der Waals surface area contributed by atoms with Crippen LogP contribution in [0.15, 0.2) is 9.27 Å². The van der Waals surface area contributed by atoms with E-state index >= 15 is 0 Å². The number of rotatable bonds is 3. The van der Waals surface area contributed by atoms with E-state index in [9.17, 15) is 4.79 Å². The number of aryl methyl sites for hydroxylation is 1. The van der Waals surface area contributed by atoms with Crippen LogP contribution < -0.4 is 5.69 Å². The van der Waals surface area contributed by atoms with Crippen LogP contribution in [0, 0.1) is 19.3 Å². The first-order valence-electron chi connectivity index (χ1n) is 5.29. The lowest BCUT2D eigenvalue weighted by atomic mass is 10.1. The van der Waals surface area contributed by atoms with E-state index in [4.69, 9.17) is 0 Å². The highest BCUT2D eigenvalue weighted by molar-refractivity contribution is 9.10. The summed E-state index contributed by atoms with van der Waals surface area (Å²) >= 11 is 7.01. The molecule has 0 atom stereocenters. The Morgan fingerprint density at radius 1 is 1.44 bits per heavy atom. The highest BCUT2D eigenvalue weighted by Crippen LogP contribution is 2.48. The fourth-order valence-corrected chi connectivity index (χ4v) is 2.85. The molecule has 0 unspecified atom stereocenters. The van der Waals surface area contributed by atoms with E-state index in [1.165, 1.54) is 12.8 Å². The van der Waals surface area contributed by atoms with Crippen molar-refractivity contribution in [3.8, 4) is 0 Å². The normalized spacial score (nSPS) is 17.5. The van der Waals surface area contributed by atoms with Crippen molar-refractivity contribution in [2.75, 3.05) is 5.33 Å². The number of hydrogen-bond acceptors (Lipinski definition) is 2. The average molecular weight is 350 g/mol. The summed E-state index contributed by atoms with van der Waals surface area (Å²) in [6.07, 6.45) is 2.38. The van der Waals surface area contributed by atoms with Gasteiger partial charge in [-0.15, -0.1) is 0 Å². The molecule has 0 N–H and O–H groups in total. The Hall–Kier alpha value is -0.160. The summed E-state index contributed by atoms with van der Waals surface area (Å²) in [5.74, 6) is 0. The first-order valence-corrected chi connectivity index (χ1v) is 7.20. The molecule has 88 valence electrons. The third kappa shape index (κ3) is 2.12. The molecule has 0 aliphatic heterocycles. The number of aromatic nitrogens is 2. The summed E-state index contributed by atoms with van der Waals surface area (Å²) < 4.78 is 2.73. The molecule has 0 bridgehead atoms. The van der Waals surface area contributed by atoms with Crippen LogP contribution in [0.3, 0.4) is 0 Å². The second-order valence-corrected chi connectivity index (χ2v) is 5.95. The molecule has 1 aromatic heterocycles. The van der Waals surface area contributed by atoms with Crippen molar-refractivity contribution in [2.24, 2.45) is 5.41 Å². The minimum absolute atomic E-state index is 0.134. The van der Waals surface area contributed by atoms with E-state index in [0.29, 0.717) is 0 Å². The van der Waals surface area contributed by atoms with E-state index < -0.39 is 0 Å². The lowest BCUT2D eigenvalue weighted by molar-refractivity contribution is 0.450. The van der Waals surface area contributed by atoms with Crippen molar-refractivity contribution in [2.45, 2.75) is 33.2 Å². The smallest absolute Gasteiger partial charge is 0.295 e. The van der Waals surface area contributed by atoms with Crippen LogP contribution in [-0.4, -0.2) is 14.9 Å². The molecule has 1 aromatic rings. The van der Waals surface area contributed by atoms with Gasteiger partial charge in [-0.1, -0.05) is 15.9 Å². The molecule has 2 rings (SSSR count). The third-order valence-corrected chi connectivity index (χ3v) is 5.61. The van der Waals surface area contributed by atoms with Crippen molar-refractivity contribution in [1.29, 1.82) is 0 Å².